The molecular weight excluding hydrogens is 502 g/mol. The van der Waals surface area contributed by atoms with Crippen LogP contribution in [0.1, 0.15) is 22.4 Å². The molecule has 0 atom stereocenters. The average molecular weight is 530 g/mol. The number of fused-ring (bicyclic) bond motifs is 1. The number of aromatic nitrogens is 3. The van der Waals surface area contributed by atoms with Gasteiger partial charge in [-0.25, -0.2) is 4.79 Å². The molecule has 0 aliphatic carbocycles. The van der Waals surface area contributed by atoms with Crippen LogP contribution in [0.25, 0.3) is 22.2 Å². The molecule has 0 unspecified atom stereocenters. The molecule has 2 aromatic heterocycles. The van der Waals surface area contributed by atoms with E-state index in [4.69, 9.17) is 0 Å². The fraction of sp³-hybridized carbons (Fsp3) is 0.0909. The van der Waals surface area contributed by atoms with Crippen molar-refractivity contribution in [2.24, 2.45) is 0 Å². The molecule has 0 saturated heterocycles. The van der Waals surface area contributed by atoms with E-state index in [9.17, 15) is 19.8 Å². The third-order valence-electron chi connectivity index (χ3n) is 7.13. The quantitative estimate of drug-likeness (QED) is 0.263. The van der Waals surface area contributed by atoms with Gasteiger partial charge in [0, 0.05) is 24.2 Å². The number of hydrogen-bond donors (Lipinski definition) is 3. The first kappa shape index (κ1) is 25.0. The van der Waals surface area contributed by atoms with Crippen molar-refractivity contribution >= 4 is 11.0 Å². The van der Waals surface area contributed by atoms with Gasteiger partial charge in [0.1, 0.15) is 17.1 Å². The number of phenols is 2. The SMILES string of the molecule is O=c1[nH]c2c(c(-c3ccc(O)cc3)c(Cc3ccc(O)cc3)n2Cc2ccccc2)c(=O)n1Cc1ccccc1. The molecule has 198 valence electrons. The maximum absolute atomic E-state index is 14.2. The summed E-state index contributed by atoms with van der Waals surface area (Å²) in [6.45, 7) is 0.568. The average Bonchev–Trinajstić information content (AvgIpc) is 3.26. The van der Waals surface area contributed by atoms with Crippen LogP contribution in [0.3, 0.4) is 0 Å². The number of rotatable bonds is 7. The van der Waals surface area contributed by atoms with Crippen molar-refractivity contribution in [1.29, 1.82) is 0 Å². The molecule has 3 N–H and O–H groups in total. The molecular formula is C33H27N3O4. The van der Waals surface area contributed by atoms with Crippen molar-refractivity contribution in [1.82, 2.24) is 14.1 Å². The molecule has 7 heteroatoms. The van der Waals surface area contributed by atoms with Crippen LogP contribution in [-0.4, -0.2) is 24.3 Å². The Kier molecular flexibility index (Phi) is 6.54. The van der Waals surface area contributed by atoms with Crippen molar-refractivity contribution in [3.8, 4) is 22.6 Å². The molecule has 0 radical (unpaired) electrons. The number of hydrogen-bond acceptors (Lipinski definition) is 4. The van der Waals surface area contributed by atoms with E-state index in [0.29, 0.717) is 29.6 Å². The number of H-pyrrole nitrogens is 1. The van der Waals surface area contributed by atoms with Gasteiger partial charge in [-0.15, -0.1) is 0 Å². The van der Waals surface area contributed by atoms with Gasteiger partial charge in [-0.05, 0) is 46.5 Å². The van der Waals surface area contributed by atoms with E-state index in [1.165, 1.54) is 4.57 Å². The van der Waals surface area contributed by atoms with E-state index >= 15 is 0 Å². The lowest BCUT2D eigenvalue weighted by molar-refractivity contribution is 0.474. The molecule has 0 saturated carbocycles. The minimum atomic E-state index is -0.485. The second-order valence-corrected chi connectivity index (χ2v) is 9.81. The first-order valence-corrected chi connectivity index (χ1v) is 13.0. The highest BCUT2D eigenvalue weighted by molar-refractivity contribution is 5.96. The summed E-state index contributed by atoms with van der Waals surface area (Å²) in [5.41, 5.74) is 4.64. The Morgan fingerprint density at radius 1 is 0.600 bits per heavy atom. The van der Waals surface area contributed by atoms with Gasteiger partial charge in [0.05, 0.1) is 11.9 Å². The second kappa shape index (κ2) is 10.5. The highest BCUT2D eigenvalue weighted by Gasteiger charge is 2.24. The normalized spacial score (nSPS) is 11.2. The number of benzene rings is 4. The van der Waals surface area contributed by atoms with Crippen LogP contribution in [0.15, 0.2) is 119 Å². The van der Waals surface area contributed by atoms with Gasteiger partial charge in [0.15, 0.2) is 0 Å². The van der Waals surface area contributed by atoms with Crippen LogP contribution in [-0.2, 0) is 19.5 Å². The molecule has 6 rings (SSSR count). The Balaban J connectivity index is 1.66. The summed E-state index contributed by atoms with van der Waals surface area (Å²) >= 11 is 0. The lowest BCUT2D eigenvalue weighted by atomic mass is 9.99. The Morgan fingerprint density at radius 2 is 1.12 bits per heavy atom. The first-order valence-electron chi connectivity index (χ1n) is 13.0. The highest BCUT2D eigenvalue weighted by atomic mass is 16.3. The van der Waals surface area contributed by atoms with Gasteiger partial charge in [-0.3, -0.25) is 14.3 Å². The molecule has 0 aliphatic heterocycles. The van der Waals surface area contributed by atoms with Gasteiger partial charge in [0.2, 0.25) is 0 Å². The summed E-state index contributed by atoms with van der Waals surface area (Å²) < 4.78 is 3.23. The maximum Gasteiger partial charge on any atom is 0.330 e. The van der Waals surface area contributed by atoms with Crippen LogP contribution in [0, 0.1) is 0 Å². The van der Waals surface area contributed by atoms with Crippen molar-refractivity contribution in [2.75, 3.05) is 0 Å². The van der Waals surface area contributed by atoms with Crippen LogP contribution in [0.2, 0.25) is 0 Å². The molecule has 2 heterocycles. The van der Waals surface area contributed by atoms with Gasteiger partial charge < -0.3 is 14.8 Å². The van der Waals surface area contributed by atoms with Crippen LogP contribution >= 0.6 is 0 Å². The number of aromatic hydroxyl groups is 2. The summed E-state index contributed by atoms with van der Waals surface area (Å²) in [7, 11) is 0. The van der Waals surface area contributed by atoms with Crippen LogP contribution < -0.4 is 11.2 Å². The third kappa shape index (κ3) is 4.80. The van der Waals surface area contributed by atoms with Crippen molar-refractivity contribution in [2.45, 2.75) is 19.5 Å². The predicted octanol–water partition coefficient (Wildman–Crippen LogP) is 5.26. The Hall–Kier alpha value is -5.30. The fourth-order valence-electron chi connectivity index (χ4n) is 5.18. The first-order chi connectivity index (χ1) is 19.5. The summed E-state index contributed by atoms with van der Waals surface area (Å²) in [4.78, 5) is 30.6. The summed E-state index contributed by atoms with van der Waals surface area (Å²) in [5, 5.41) is 20.3. The third-order valence-corrected chi connectivity index (χ3v) is 7.13. The van der Waals surface area contributed by atoms with E-state index in [0.717, 1.165) is 27.9 Å². The van der Waals surface area contributed by atoms with E-state index < -0.39 is 5.69 Å². The summed E-state index contributed by atoms with van der Waals surface area (Å²) in [6.07, 6.45) is 0.443. The number of nitrogens with zero attached hydrogens (tertiary/aromatic N) is 2. The smallest absolute Gasteiger partial charge is 0.330 e. The Labute approximate surface area is 229 Å². The zero-order chi connectivity index (χ0) is 27.6. The summed E-state index contributed by atoms with van der Waals surface area (Å²) in [6, 6.07) is 33.0. The van der Waals surface area contributed by atoms with E-state index in [1.807, 2.05) is 77.4 Å². The summed E-state index contributed by atoms with van der Waals surface area (Å²) in [5.74, 6) is 0.284. The Morgan fingerprint density at radius 3 is 1.70 bits per heavy atom. The standard InChI is InChI=1S/C33H27N3O4/c37-26-15-11-22(12-16-26)19-28-29(25-13-17-27(38)18-14-25)30-31(35(28)20-23-7-3-1-4-8-23)34-33(40)36(32(30)39)21-24-9-5-2-6-10-24/h1-18,37-38H,19-21H2,(H,34,40). The van der Waals surface area contributed by atoms with Crippen molar-refractivity contribution < 1.29 is 10.2 Å². The maximum atomic E-state index is 14.2. The minimum absolute atomic E-state index is 0.117. The molecule has 40 heavy (non-hydrogen) atoms. The van der Waals surface area contributed by atoms with Gasteiger partial charge in [-0.1, -0.05) is 84.9 Å². The molecule has 7 nitrogen and oxygen atoms in total. The van der Waals surface area contributed by atoms with Crippen LogP contribution in [0.5, 0.6) is 11.5 Å². The van der Waals surface area contributed by atoms with Crippen LogP contribution in [0.4, 0.5) is 0 Å². The van der Waals surface area contributed by atoms with Gasteiger partial charge in [-0.2, -0.15) is 0 Å². The number of aromatic amines is 1. The van der Waals surface area contributed by atoms with Crippen molar-refractivity contribution in [3.05, 3.63) is 152 Å². The molecule has 0 spiro atoms. The second-order valence-electron chi connectivity index (χ2n) is 9.81. The Bertz CT molecular complexity index is 1900. The van der Waals surface area contributed by atoms with E-state index in [2.05, 4.69) is 4.98 Å². The monoisotopic (exact) mass is 529 g/mol. The molecule has 0 amide bonds. The topological polar surface area (TPSA) is 100 Å². The zero-order valence-corrected chi connectivity index (χ0v) is 21.6. The van der Waals surface area contributed by atoms with E-state index in [-0.39, 0.29) is 23.6 Å². The molecule has 4 aromatic carbocycles. The largest absolute Gasteiger partial charge is 0.508 e. The lowest BCUT2D eigenvalue weighted by Gasteiger charge is -2.13. The van der Waals surface area contributed by atoms with Gasteiger partial charge >= 0.3 is 5.69 Å². The van der Waals surface area contributed by atoms with Gasteiger partial charge in [0.25, 0.3) is 5.56 Å². The lowest BCUT2D eigenvalue weighted by Crippen LogP contribution is -2.35. The fourth-order valence-corrected chi connectivity index (χ4v) is 5.18. The van der Waals surface area contributed by atoms with Crippen molar-refractivity contribution in [3.63, 3.8) is 0 Å². The number of phenolic OH excluding ortho intramolecular Hbond substituents is 2. The molecule has 6 aromatic rings. The number of nitrogens with one attached hydrogen (secondary N) is 1. The zero-order valence-electron chi connectivity index (χ0n) is 21.6. The molecule has 0 bridgehead atoms. The highest BCUT2D eigenvalue weighted by Crippen LogP contribution is 2.35. The molecule has 0 fully saturated rings. The minimum Gasteiger partial charge on any atom is -0.508 e. The predicted molar refractivity (Wildman–Crippen MR) is 156 cm³/mol. The molecule has 0 aliphatic rings. The van der Waals surface area contributed by atoms with E-state index in [1.54, 1.807) is 36.4 Å².